The van der Waals surface area contributed by atoms with Gasteiger partial charge in [0.15, 0.2) is 5.82 Å². The molecule has 1 N–H and O–H groups in total. The van der Waals surface area contributed by atoms with Crippen LogP contribution in [-0.4, -0.2) is 20.9 Å². The van der Waals surface area contributed by atoms with Gasteiger partial charge in [0.2, 0.25) is 5.16 Å². The number of thioether (sulfide) groups is 1. The van der Waals surface area contributed by atoms with E-state index in [-0.39, 0.29) is 0 Å². The molecule has 6 heteroatoms. The van der Waals surface area contributed by atoms with Crippen LogP contribution in [-0.2, 0) is 0 Å². The Bertz CT molecular complexity index is 522. The molecule has 2 rings (SSSR count). The predicted molar refractivity (Wildman–Crippen MR) is 72.5 cm³/mol. The van der Waals surface area contributed by atoms with Crippen LogP contribution in [0.4, 0.5) is 0 Å². The molecule has 0 aliphatic heterocycles. The van der Waals surface area contributed by atoms with E-state index >= 15 is 0 Å². The fourth-order valence-corrected chi connectivity index (χ4v) is 2.03. The van der Waals surface area contributed by atoms with Gasteiger partial charge in [-0.05, 0) is 24.3 Å². The van der Waals surface area contributed by atoms with Crippen LogP contribution in [0.2, 0.25) is 5.02 Å². The van der Waals surface area contributed by atoms with Crippen molar-refractivity contribution >= 4 is 35.0 Å². The maximum atomic E-state index is 5.81. The lowest BCUT2D eigenvalue weighted by Crippen LogP contribution is -1.80. The van der Waals surface area contributed by atoms with Gasteiger partial charge in [-0.15, -0.1) is 5.10 Å². The first-order chi connectivity index (χ1) is 8.15. The maximum absolute atomic E-state index is 5.81. The quantitative estimate of drug-likeness (QED) is 0.865. The lowest BCUT2D eigenvalue weighted by molar-refractivity contribution is 0.975. The number of aromatic nitrogens is 3. The van der Waals surface area contributed by atoms with Crippen molar-refractivity contribution in [2.45, 2.75) is 5.16 Å². The summed E-state index contributed by atoms with van der Waals surface area (Å²) in [5, 5.41) is 8.87. The number of halogens is 2. The van der Waals surface area contributed by atoms with Gasteiger partial charge < -0.3 is 0 Å². The van der Waals surface area contributed by atoms with Gasteiger partial charge in [0.05, 0.1) is 0 Å². The van der Waals surface area contributed by atoms with Gasteiger partial charge in [0, 0.05) is 21.4 Å². The molecule has 1 aromatic carbocycles. The molecule has 1 heterocycles. The predicted octanol–water partition coefficient (Wildman–Crippen LogP) is 3.97. The molecular formula is C11H9Cl2N3S. The molecule has 0 saturated heterocycles. The Morgan fingerprint density at radius 2 is 2.06 bits per heavy atom. The molecule has 0 unspecified atom stereocenters. The summed E-state index contributed by atoms with van der Waals surface area (Å²) < 4.78 is 0. The number of nitrogens with zero attached hydrogens (tertiary/aromatic N) is 2. The van der Waals surface area contributed by atoms with Crippen LogP contribution in [0.5, 0.6) is 0 Å². The Morgan fingerprint density at radius 3 is 2.71 bits per heavy atom. The Morgan fingerprint density at radius 1 is 1.35 bits per heavy atom. The highest BCUT2D eigenvalue weighted by Gasteiger charge is 2.06. The second-order valence-corrected chi connectivity index (χ2v) is 5.19. The third-order valence-corrected chi connectivity index (χ3v) is 3.42. The number of H-pyrrole nitrogens is 1. The van der Waals surface area contributed by atoms with Gasteiger partial charge in [-0.2, -0.15) is 0 Å². The van der Waals surface area contributed by atoms with Crippen molar-refractivity contribution < 1.29 is 0 Å². The summed E-state index contributed by atoms with van der Waals surface area (Å²) in [6.45, 7) is 3.61. The van der Waals surface area contributed by atoms with Gasteiger partial charge in [0.1, 0.15) is 0 Å². The van der Waals surface area contributed by atoms with Crippen molar-refractivity contribution in [3.8, 4) is 11.4 Å². The molecule has 0 amide bonds. The summed E-state index contributed by atoms with van der Waals surface area (Å²) in [6, 6.07) is 7.40. The second-order valence-electron chi connectivity index (χ2n) is 3.28. The molecule has 0 fully saturated rings. The third-order valence-electron chi connectivity index (χ3n) is 1.94. The zero-order valence-electron chi connectivity index (χ0n) is 8.78. The Hall–Kier alpha value is -0.970. The molecule has 0 atom stereocenters. The van der Waals surface area contributed by atoms with Crippen molar-refractivity contribution in [1.82, 2.24) is 15.2 Å². The lowest BCUT2D eigenvalue weighted by atomic mass is 10.2. The number of hydrogen-bond donors (Lipinski definition) is 1. The maximum Gasteiger partial charge on any atom is 0.209 e. The molecule has 0 saturated carbocycles. The highest BCUT2D eigenvalue weighted by molar-refractivity contribution is 7.99. The van der Waals surface area contributed by atoms with E-state index in [4.69, 9.17) is 23.2 Å². The molecule has 1 aromatic heterocycles. The molecule has 3 nitrogen and oxygen atoms in total. The Kier molecular flexibility index (Phi) is 4.10. The van der Waals surface area contributed by atoms with E-state index in [0.717, 1.165) is 5.56 Å². The van der Waals surface area contributed by atoms with E-state index in [1.54, 1.807) is 0 Å². The zero-order chi connectivity index (χ0) is 12.3. The summed E-state index contributed by atoms with van der Waals surface area (Å²) >= 11 is 12.9. The number of benzene rings is 1. The molecule has 0 bridgehead atoms. The number of hydrogen-bond acceptors (Lipinski definition) is 3. The summed E-state index contributed by atoms with van der Waals surface area (Å²) in [5.74, 6) is 1.31. The van der Waals surface area contributed by atoms with E-state index in [0.29, 0.717) is 26.8 Å². The third kappa shape index (κ3) is 3.49. The minimum absolute atomic E-state index is 0.577. The molecule has 17 heavy (non-hydrogen) atoms. The smallest absolute Gasteiger partial charge is 0.209 e. The van der Waals surface area contributed by atoms with Crippen molar-refractivity contribution in [2.24, 2.45) is 0 Å². The van der Waals surface area contributed by atoms with Crippen molar-refractivity contribution in [3.63, 3.8) is 0 Å². The Balaban J connectivity index is 2.12. The van der Waals surface area contributed by atoms with E-state index in [2.05, 4.69) is 21.8 Å². The SMILES string of the molecule is C=C(Cl)CSc1n[nH]c(-c2ccc(Cl)cc2)n1. The Labute approximate surface area is 113 Å². The van der Waals surface area contributed by atoms with Gasteiger partial charge in [-0.3, -0.25) is 5.10 Å². The molecule has 0 spiro atoms. The van der Waals surface area contributed by atoms with Crippen molar-refractivity contribution in [3.05, 3.63) is 40.9 Å². The average Bonchev–Trinajstić information content (AvgIpc) is 2.76. The average molecular weight is 286 g/mol. The van der Waals surface area contributed by atoms with Gasteiger partial charge in [0.25, 0.3) is 0 Å². The summed E-state index contributed by atoms with van der Waals surface area (Å²) in [4.78, 5) is 4.34. The first-order valence-electron chi connectivity index (χ1n) is 4.79. The molecule has 2 aromatic rings. The van der Waals surface area contributed by atoms with E-state index in [1.807, 2.05) is 24.3 Å². The van der Waals surface area contributed by atoms with Crippen molar-refractivity contribution in [2.75, 3.05) is 5.75 Å². The van der Waals surface area contributed by atoms with E-state index < -0.39 is 0 Å². The highest BCUT2D eigenvalue weighted by Crippen LogP contribution is 2.22. The fourth-order valence-electron chi connectivity index (χ4n) is 1.19. The number of aromatic amines is 1. The lowest BCUT2D eigenvalue weighted by Gasteiger charge is -1.95. The molecule has 0 radical (unpaired) electrons. The summed E-state index contributed by atoms with van der Waals surface area (Å²) in [7, 11) is 0. The van der Waals surface area contributed by atoms with Gasteiger partial charge >= 0.3 is 0 Å². The number of rotatable bonds is 4. The normalized spacial score (nSPS) is 10.5. The molecular weight excluding hydrogens is 277 g/mol. The van der Waals surface area contributed by atoms with E-state index in [9.17, 15) is 0 Å². The van der Waals surface area contributed by atoms with Crippen LogP contribution in [0.1, 0.15) is 0 Å². The van der Waals surface area contributed by atoms with Crippen LogP contribution in [0.3, 0.4) is 0 Å². The van der Waals surface area contributed by atoms with Crippen molar-refractivity contribution in [1.29, 1.82) is 0 Å². The van der Waals surface area contributed by atoms with Crippen LogP contribution in [0.25, 0.3) is 11.4 Å². The largest absolute Gasteiger partial charge is 0.258 e. The number of nitrogens with one attached hydrogen (secondary N) is 1. The van der Waals surface area contributed by atoms with Crippen LogP contribution < -0.4 is 0 Å². The van der Waals surface area contributed by atoms with Gasteiger partial charge in [-0.1, -0.05) is 41.5 Å². The van der Waals surface area contributed by atoms with Crippen LogP contribution in [0, 0.1) is 0 Å². The first kappa shape index (κ1) is 12.5. The summed E-state index contributed by atoms with van der Waals surface area (Å²) in [6.07, 6.45) is 0. The highest BCUT2D eigenvalue weighted by atomic mass is 35.5. The topological polar surface area (TPSA) is 41.6 Å². The minimum Gasteiger partial charge on any atom is -0.258 e. The molecule has 0 aliphatic carbocycles. The van der Waals surface area contributed by atoms with Gasteiger partial charge in [-0.25, -0.2) is 4.98 Å². The fraction of sp³-hybridized carbons (Fsp3) is 0.0909. The zero-order valence-corrected chi connectivity index (χ0v) is 11.1. The minimum atomic E-state index is 0.577. The molecule has 0 aliphatic rings. The second kappa shape index (κ2) is 5.58. The molecule has 88 valence electrons. The first-order valence-corrected chi connectivity index (χ1v) is 6.54. The van der Waals surface area contributed by atoms with Crippen LogP contribution in [0.15, 0.2) is 41.0 Å². The summed E-state index contributed by atoms with van der Waals surface area (Å²) in [5.41, 5.74) is 0.943. The standard InChI is InChI=1S/C11H9Cl2N3S/c1-7(12)6-17-11-14-10(15-16-11)8-2-4-9(13)5-3-8/h2-5H,1,6H2,(H,14,15,16). The monoisotopic (exact) mass is 285 g/mol. The van der Waals surface area contributed by atoms with E-state index in [1.165, 1.54) is 11.8 Å². The van der Waals surface area contributed by atoms with Crippen LogP contribution >= 0.6 is 35.0 Å².